The fraction of sp³-hybridized carbons (Fsp3) is 0.348. The minimum atomic E-state index is -2.07. The van der Waals surface area contributed by atoms with Gasteiger partial charge in [-0.05, 0) is 30.9 Å². The van der Waals surface area contributed by atoms with Crippen LogP contribution < -0.4 is 15.4 Å². The van der Waals surface area contributed by atoms with Crippen LogP contribution in [0.1, 0.15) is 30.2 Å². The molecule has 0 spiro atoms. The van der Waals surface area contributed by atoms with E-state index in [4.69, 9.17) is 9.54 Å². The number of nitrogens with one attached hydrogen (secondary N) is 3. The molecule has 12 heteroatoms. The first-order valence-electron chi connectivity index (χ1n) is 11.4. The summed E-state index contributed by atoms with van der Waals surface area (Å²) in [4.78, 5) is 15.1. The largest absolute Gasteiger partial charge is 0.394 e. The average Bonchev–Trinajstić information content (AvgIpc) is 3.48. The SMILES string of the molecule is CC[C@H](CO)Nc1nc(NCc2ccccc2)c2ncn(CCCc3cc(NS(=O)O)cs3)c2n1. The molecular weight excluding hydrogens is 486 g/mol. The van der Waals surface area contributed by atoms with Gasteiger partial charge in [-0.1, -0.05) is 37.3 Å². The third-order valence-electron chi connectivity index (χ3n) is 5.49. The highest BCUT2D eigenvalue weighted by atomic mass is 32.2. The molecule has 0 saturated carbocycles. The molecule has 4 rings (SSSR count). The molecule has 2 atom stereocenters. The third-order valence-corrected chi connectivity index (χ3v) is 6.90. The number of benzene rings is 1. The number of aliphatic hydroxyl groups is 1. The van der Waals surface area contributed by atoms with Crippen molar-refractivity contribution in [2.24, 2.45) is 0 Å². The van der Waals surface area contributed by atoms with E-state index in [9.17, 15) is 9.32 Å². The number of fused-ring (bicyclic) bond motifs is 1. The molecule has 0 aliphatic rings. The average molecular weight is 516 g/mol. The topological polar surface area (TPSA) is 137 Å². The minimum absolute atomic E-state index is 0.00847. The molecule has 0 fully saturated rings. The van der Waals surface area contributed by atoms with Crippen molar-refractivity contribution in [1.29, 1.82) is 0 Å². The van der Waals surface area contributed by atoms with E-state index >= 15 is 0 Å². The van der Waals surface area contributed by atoms with Gasteiger partial charge in [0.1, 0.15) is 0 Å². The number of rotatable bonds is 13. The molecule has 0 aliphatic heterocycles. The Morgan fingerprint density at radius 1 is 1.23 bits per heavy atom. The number of nitrogens with zero attached hydrogens (tertiary/aromatic N) is 4. The predicted molar refractivity (Wildman–Crippen MR) is 141 cm³/mol. The number of aryl methyl sites for hydroxylation is 2. The first kappa shape index (κ1) is 25.0. The maximum absolute atomic E-state index is 10.9. The van der Waals surface area contributed by atoms with Gasteiger partial charge in [0, 0.05) is 23.3 Å². The summed E-state index contributed by atoms with van der Waals surface area (Å²) in [5.74, 6) is 1.08. The maximum atomic E-state index is 10.9. The lowest BCUT2D eigenvalue weighted by atomic mass is 10.2. The molecule has 5 N–H and O–H groups in total. The van der Waals surface area contributed by atoms with Crippen molar-refractivity contribution in [1.82, 2.24) is 19.5 Å². The smallest absolute Gasteiger partial charge is 0.259 e. The molecule has 1 aromatic carbocycles. The first-order chi connectivity index (χ1) is 17.1. The molecule has 0 amide bonds. The second-order valence-electron chi connectivity index (χ2n) is 8.03. The second-order valence-corrected chi connectivity index (χ2v) is 9.73. The maximum Gasteiger partial charge on any atom is 0.259 e. The van der Waals surface area contributed by atoms with Crippen LogP contribution in [0.4, 0.5) is 17.5 Å². The predicted octanol–water partition coefficient (Wildman–Crippen LogP) is 3.86. The van der Waals surface area contributed by atoms with Gasteiger partial charge in [0.25, 0.3) is 11.3 Å². The Morgan fingerprint density at radius 2 is 2.06 bits per heavy atom. The molecule has 35 heavy (non-hydrogen) atoms. The zero-order chi connectivity index (χ0) is 24.6. The molecular formula is C23H29N7O3S2. The number of hydrogen-bond donors (Lipinski definition) is 5. The highest BCUT2D eigenvalue weighted by Gasteiger charge is 2.15. The van der Waals surface area contributed by atoms with Crippen LogP contribution in [-0.4, -0.2) is 46.0 Å². The zero-order valence-electron chi connectivity index (χ0n) is 19.3. The fourth-order valence-electron chi connectivity index (χ4n) is 3.63. The summed E-state index contributed by atoms with van der Waals surface area (Å²) in [6.07, 6.45) is 4.19. The van der Waals surface area contributed by atoms with Crippen molar-refractivity contribution in [2.45, 2.75) is 45.3 Å². The van der Waals surface area contributed by atoms with E-state index < -0.39 is 11.3 Å². The third kappa shape index (κ3) is 6.75. The second kappa shape index (κ2) is 12.1. The van der Waals surface area contributed by atoms with Gasteiger partial charge in [-0.3, -0.25) is 9.27 Å². The zero-order valence-corrected chi connectivity index (χ0v) is 21.0. The summed E-state index contributed by atoms with van der Waals surface area (Å²) >= 11 is -0.520. The molecule has 0 aliphatic carbocycles. The number of hydrogen-bond acceptors (Lipinski definition) is 8. The highest BCUT2D eigenvalue weighted by molar-refractivity contribution is 7.80. The van der Waals surface area contributed by atoms with Crippen LogP contribution in [0.25, 0.3) is 11.2 Å². The minimum Gasteiger partial charge on any atom is -0.394 e. The molecule has 186 valence electrons. The van der Waals surface area contributed by atoms with Crippen LogP contribution in [0.3, 0.4) is 0 Å². The lowest BCUT2D eigenvalue weighted by Gasteiger charge is -2.15. The van der Waals surface area contributed by atoms with E-state index in [1.165, 1.54) is 0 Å². The van der Waals surface area contributed by atoms with Crippen molar-refractivity contribution in [2.75, 3.05) is 22.0 Å². The standard InChI is InChI=1S/C23H29N7O3S2/c1-2-17(13-31)26-23-27-21(24-12-16-7-4-3-5-8-16)20-22(28-23)30(15-25-20)10-6-9-19-11-18(14-34-19)29-35(32)33/h3-5,7-8,11,14-15,17,29,31H,2,6,9-10,12-13H2,1H3,(H,32,33)(H2,24,26,27,28)/t17-/m1/s1. The van der Waals surface area contributed by atoms with E-state index in [1.54, 1.807) is 17.7 Å². The van der Waals surface area contributed by atoms with Crippen molar-refractivity contribution >= 4 is 51.2 Å². The van der Waals surface area contributed by atoms with E-state index in [2.05, 4.69) is 25.3 Å². The number of aromatic nitrogens is 4. The number of aliphatic hydroxyl groups excluding tert-OH is 1. The summed E-state index contributed by atoms with van der Waals surface area (Å²) in [5, 5.41) is 18.1. The molecule has 0 saturated heterocycles. The van der Waals surface area contributed by atoms with Crippen molar-refractivity contribution in [3.63, 3.8) is 0 Å². The Kier molecular flexibility index (Phi) is 8.64. The van der Waals surface area contributed by atoms with Gasteiger partial charge in [0.05, 0.1) is 24.7 Å². The van der Waals surface area contributed by atoms with Crippen LogP contribution in [0, 0.1) is 0 Å². The molecule has 3 heterocycles. The van der Waals surface area contributed by atoms with E-state index in [0.29, 0.717) is 36.1 Å². The van der Waals surface area contributed by atoms with Crippen molar-refractivity contribution in [3.05, 3.63) is 58.5 Å². The number of thiophene rings is 1. The molecule has 10 nitrogen and oxygen atoms in total. The quantitative estimate of drug-likeness (QED) is 0.169. The van der Waals surface area contributed by atoms with Crippen LogP contribution in [0.15, 0.2) is 48.1 Å². The number of anilines is 3. The summed E-state index contributed by atoms with van der Waals surface area (Å²) < 4.78 is 24.4. The van der Waals surface area contributed by atoms with Gasteiger partial charge >= 0.3 is 0 Å². The van der Waals surface area contributed by atoms with Crippen LogP contribution in [-0.2, 0) is 30.8 Å². The lowest BCUT2D eigenvalue weighted by molar-refractivity contribution is 0.271. The Morgan fingerprint density at radius 3 is 2.80 bits per heavy atom. The molecule has 1 unspecified atom stereocenters. The molecule has 3 aromatic heterocycles. The van der Waals surface area contributed by atoms with Crippen LogP contribution >= 0.6 is 11.3 Å². The normalized spacial score (nSPS) is 13.0. The van der Waals surface area contributed by atoms with Crippen LogP contribution in [0.5, 0.6) is 0 Å². The Hall–Kier alpha value is -3.06. The van der Waals surface area contributed by atoms with Gasteiger partial charge < -0.3 is 20.3 Å². The molecule has 0 bridgehead atoms. The molecule has 4 aromatic rings. The monoisotopic (exact) mass is 515 g/mol. The molecule has 0 radical (unpaired) electrons. The van der Waals surface area contributed by atoms with E-state index in [0.717, 1.165) is 35.4 Å². The first-order valence-corrected chi connectivity index (χ1v) is 13.4. The van der Waals surface area contributed by atoms with Gasteiger partial charge in [-0.2, -0.15) is 9.97 Å². The Balaban J connectivity index is 1.52. The summed E-state index contributed by atoms with van der Waals surface area (Å²) in [6, 6.07) is 11.8. The summed E-state index contributed by atoms with van der Waals surface area (Å²) in [5.41, 5.74) is 3.18. The highest BCUT2D eigenvalue weighted by Crippen LogP contribution is 2.24. The lowest BCUT2D eigenvalue weighted by Crippen LogP contribution is -2.24. The van der Waals surface area contributed by atoms with Gasteiger partial charge in [0.2, 0.25) is 5.95 Å². The summed E-state index contributed by atoms with van der Waals surface area (Å²) in [6.45, 7) is 3.29. The van der Waals surface area contributed by atoms with Gasteiger partial charge in [0.15, 0.2) is 17.0 Å². The summed E-state index contributed by atoms with van der Waals surface area (Å²) in [7, 11) is 0. The van der Waals surface area contributed by atoms with Gasteiger partial charge in [-0.15, -0.1) is 11.3 Å². The van der Waals surface area contributed by atoms with Gasteiger partial charge in [-0.25, -0.2) is 9.19 Å². The van der Waals surface area contributed by atoms with Crippen molar-refractivity contribution < 1.29 is 13.9 Å². The van der Waals surface area contributed by atoms with Crippen molar-refractivity contribution in [3.8, 4) is 0 Å². The van der Waals surface area contributed by atoms with Crippen LogP contribution in [0.2, 0.25) is 0 Å². The Bertz CT molecular complexity index is 1260. The number of imidazole rings is 1. The Labute approximate surface area is 210 Å². The van der Waals surface area contributed by atoms with E-state index in [1.807, 2.05) is 53.3 Å². The fourth-order valence-corrected chi connectivity index (χ4v) is 4.88. The van der Waals surface area contributed by atoms with E-state index in [-0.39, 0.29) is 12.6 Å².